The zero-order chi connectivity index (χ0) is 13.9. The molecule has 5 nitrogen and oxygen atoms in total. The highest BCUT2D eigenvalue weighted by atomic mass is 33.1. The Morgan fingerprint density at radius 1 is 1.37 bits per heavy atom. The molecule has 0 atom stereocenters. The number of H-pyrrole nitrogens is 1. The molecule has 2 aromatic rings. The van der Waals surface area contributed by atoms with Crippen LogP contribution in [0.2, 0.25) is 0 Å². The summed E-state index contributed by atoms with van der Waals surface area (Å²) in [4.78, 5) is 14.9. The van der Waals surface area contributed by atoms with Crippen molar-refractivity contribution < 1.29 is 13.2 Å². The predicted octanol–water partition coefficient (Wildman–Crippen LogP) is 1.59. The van der Waals surface area contributed by atoms with Gasteiger partial charge in [-0.25, -0.2) is 8.42 Å². The second-order valence-corrected chi connectivity index (χ2v) is 8.63. The number of aromatic amines is 1. The quantitative estimate of drug-likeness (QED) is 0.649. The molecular formula is C12H14N2O3S2. The summed E-state index contributed by atoms with van der Waals surface area (Å²) in [7, 11) is -2.23. The standard InChI is InChI=1S/C12H14N2O3S2/c1-19(16,17)18-7-6-13-12(15)11-8-9-4-2-3-5-10(9)14-11/h2-5,8,14H,6-7H2,1H3,(H,13,15). The largest absolute Gasteiger partial charge is 0.351 e. The van der Waals surface area contributed by atoms with Crippen LogP contribution in [0.1, 0.15) is 10.5 Å². The molecule has 0 bridgehead atoms. The molecule has 0 unspecified atom stereocenters. The average molecular weight is 298 g/mol. The smallest absolute Gasteiger partial charge is 0.267 e. The van der Waals surface area contributed by atoms with Crippen LogP contribution in [0.5, 0.6) is 0 Å². The van der Waals surface area contributed by atoms with Gasteiger partial charge in [0.1, 0.15) is 5.69 Å². The Balaban J connectivity index is 1.93. The molecule has 0 aliphatic rings. The normalized spacial score (nSPS) is 11.6. The number of para-hydroxylation sites is 1. The predicted molar refractivity (Wildman–Crippen MR) is 77.9 cm³/mol. The van der Waals surface area contributed by atoms with Gasteiger partial charge in [-0.15, -0.1) is 0 Å². The molecule has 7 heteroatoms. The molecular weight excluding hydrogens is 284 g/mol. The minimum Gasteiger partial charge on any atom is -0.351 e. The number of benzene rings is 1. The van der Waals surface area contributed by atoms with Gasteiger partial charge < -0.3 is 10.3 Å². The van der Waals surface area contributed by atoms with Crippen LogP contribution >= 0.6 is 10.8 Å². The summed E-state index contributed by atoms with van der Waals surface area (Å²) >= 11 is 0. The zero-order valence-corrected chi connectivity index (χ0v) is 12.0. The molecule has 0 saturated carbocycles. The molecule has 0 fully saturated rings. The molecule has 0 saturated heterocycles. The second kappa shape index (κ2) is 5.66. The van der Waals surface area contributed by atoms with Gasteiger partial charge in [-0.3, -0.25) is 4.79 Å². The number of carbonyl (C=O) groups excluding carboxylic acids is 1. The van der Waals surface area contributed by atoms with E-state index in [9.17, 15) is 13.2 Å². The van der Waals surface area contributed by atoms with Crippen LogP contribution in [0, 0.1) is 0 Å². The Labute approximate surface area is 115 Å². The fourth-order valence-electron chi connectivity index (χ4n) is 1.65. The van der Waals surface area contributed by atoms with E-state index in [1.54, 1.807) is 6.07 Å². The van der Waals surface area contributed by atoms with Crippen molar-refractivity contribution in [3.05, 3.63) is 36.0 Å². The van der Waals surface area contributed by atoms with E-state index in [2.05, 4.69) is 10.3 Å². The number of hydrogen-bond donors (Lipinski definition) is 2. The van der Waals surface area contributed by atoms with Gasteiger partial charge in [0.15, 0.2) is 8.87 Å². The lowest BCUT2D eigenvalue weighted by Gasteiger charge is -2.02. The Hall–Kier alpha value is -1.47. The maximum Gasteiger partial charge on any atom is 0.267 e. The lowest BCUT2D eigenvalue weighted by atomic mass is 10.2. The maximum atomic E-state index is 11.8. The van der Waals surface area contributed by atoms with E-state index in [0.717, 1.165) is 28.0 Å². The first-order chi connectivity index (χ1) is 8.96. The number of hydrogen-bond acceptors (Lipinski definition) is 4. The lowest BCUT2D eigenvalue weighted by Crippen LogP contribution is -2.26. The Morgan fingerprint density at radius 3 is 2.79 bits per heavy atom. The molecule has 2 rings (SSSR count). The van der Waals surface area contributed by atoms with Crippen molar-refractivity contribution in [1.29, 1.82) is 0 Å². The highest BCUT2D eigenvalue weighted by Gasteiger charge is 2.09. The van der Waals surface area contributed by atoms with Crippen molar-refractivity contribution in [3.63, 3.8) is 0 Å². The number of amides is 1. The number of carbonyl (C=O) groups is 1. The van der Waals surface area contributed by atoms with Crippen molar-refractivity contribution in [2.24, 2.45) is 0 Å². The minimum atomic E-state index is -3.05. The monoisotopic (exact) mass is 298 g/mol. The molecule has 0 radical (unpaired) electrons. The summed E-state index contributed by atoms with van der Waals surface area (Å²) in [5.41, 5.74) is 1.38. The number of fused-ring (bicyclic) bond motifs is 1. The van der Waals surface area contributed by atoms with Gasteiger partial charge in [0.25, 0.3) is 5.91 Å². The van der Waals surface area contributed by atoms with E-state index < -0.39 is 8.87 Å². The van der Waals surface area contributed by atoms with Crippen molar-refractivity contribution in [3.8, 4) is 0 Å². The van der Waals surface area contributed by atoms with Crippen LogP contribution in [0.4, 0.5) is 0 Å². The highest BCUT2D eigenvalue weighted by Crippen LogP contribution is 2.14. The third-order valence-electron chi connectivity index (χ3n) is 2.46. The maximum absolute atomic E-state index is 11.8. The van der Waals surface area contributed by atoms with E-state index >= 15 is 0 Å². The number of rotatable bonds is 5. The first-order valence-electron chi connectivity index (χ1n) is 5.66. The van der Waals surface area contributed by atoms with Gasteiger partial charge in [-0.05, 0) is 22.9 Å². The van der Waals surface area contributed by atoms with E-state index in [1.807, 2.05) is 24.3 Å². The van der Waals surface area contributed by atoms with Crippen molar-refractivity contribution in [1.82, 2.24) is 10.3 Å². The topological polar surface area (TPSA) is 79.0 Å². The molecule has 0 aliphatic carbocycles. The molecule has 1 aromatic carbocycles. The van der Waals surface area contributed by atoms with Crippen LogP contribution in [0.3, 0.4) is 0 Å². The minimum absolute atomic E-state index is 0.231. The van der Waals surface area contributed by atoms with Crippen LogP contribution in [0.15, 0.2) is 30.3 Å². The molecule has 1 heterocycles. The van der Waals surface area contributed by atoms with Crippen molar-refractivity contribution in [2.45, 2.75) is 0 Å². The number of nitrogens with one attached hydrogen (secondary N) is 2. The fraction of sp³-hybridized carbons (Fsp3) is 0.250. The molecule has 102 valence electrons. The summed E-state index contributed by atoms with van der Waals surface area (Å²) in [5, 5.41) is 3.65. The van der Waals surface area contributed by atoms with Crippen molar-refractivity contribution in [2.75, 3.05) is 18.6 Å². The molecule has 19 heavy (non-hydrogen) atoms. The Kier molecular flexibility index (Phi) is 4.16. The van der Waals surface area contributed by atoms with Gasteiger partial charge in [0, 0.05) is 29.5 Å². The van der Waals surface area contributed by atoms with Crippen LogP contribution in [-0.4, -0.2) is 37.9 Å². The molecule has 1 aromatic heterocycles. The Bertz CT molecular complexity index is 659. The Morgan fingerprint density at radius 2 is 2.11 bits per heavy atom. The van der Waals surface area contributed by atoms with E-state index in [-0.39, 0.29) is 5.91 Å². The van der Waals surface area contributed by atoms with E-state index in [4.69, 9.17) is 0 Å². The first kappa shape index (κ1) is 14.0. The molecule has 1 amide bonds. The van der Waals surface area contributed by atoms with Crippen LogP contribution in [0.25, 0.3) is 10.9 Å². The molecule has 0 aliphatic heterocycles. The van der Waals surface area contributed by atoms with Crippen molar-refractivity contribution >= 4 is 36.5 Å². The van der Waals surface area contributed by atoms with Gasteiger partial charge in [0.2, 0.25) is 0 Å². The van der Waals surface area contributed by atoms with Gasteiger partial charge >= 0.3 is 0 Å². The van der Waals surface area contributed by atoms with Gasteiger partial charge in [0.05, 0.1) is 0 Å². The molecule has 0 spiro atoms. The molecule has 2 N–H and O–H groups in total. The van der Waals surface area contributed by atoms with E-state index in [0.29, 0.717) is 18.0 Å². The van der Waals surface area contributed by atoms with Crippen LogP contribution in [-0.2, 0) is 8.87 Å². The SMILES string of the molecule is CS(=O)(=O)SCCNC(=O)c1cc2ccccc2[nH]1. The highest BCUT2D eigenvalue weighted by molar-refractivity contribution is 8.71. The lowest BCUT2D eigenvalue weighted by molar-refractivity contribution is 0.0952. The van der Waals surface area contributed by atoms with Gasteiger partial charge in [-0.2, -0.15) is 0 Å². The fourth-order valence-corrected chi connectivity index (χ4v) is 3.29. The first-order valence-corrected chi connectivity index (χ1v) is 9.05. The van der Waals surface area contributed by atoms with Gasteiger partial charge in [-0.1, -0.05) is 18.2 Å². The van der Waals surface area contributed by atoms with Crippen LogP contribution < -0.4 is 5.32 Å². The average Bonchev–Trinajstić information content (AvgIpc) is 2.77. The zero-order valence-electron chi connectivity index (χ0n) is 10.3. The summed E-state index contributed by atoms with van der Waals surface area (Å²) in [5.74, 6) is 0.107. The third kappa shape index (κ3) is 4.00. The summed E-state index contributed by atoms with van der Waals surface area (Å²) < 4.78 is 21.8. The summed E-state index contributed by atoms with van der Waals surface area (Å²) in [6.07, 6.45) is 1.15. The third-order valence-corrected chi connectivity index (χ3v) is 5.04. The number of aromatic nitrogens is 1. The summed E-state index contributed by atoms with van der Waals surface area (Å²) in [6, 6.07) is 9.38. The van der Waals surface area contributed by atoms with E-state index in [1.165, 1.54) is 0 Å². The summed E-state index contributed by atoms with van der Waals surface area (Å²) in [6.45, 7) is 0.311. The second-order valence-electron chi connectivity index (χ2n) is 4.05.